The third-order valence-corrected chi connectivity index (χ3v) is 5.08. The SMILES string of the molecule is CCCCCN1C(=O)CCN(c2ccccc2C)c2ccc(C(N)=O)cc21. The quantitative estimate of drug-likeness (QED) is 0.782. The van der Waals surface area contributed by atoms with Crippen LogP contribution in [0.15, 0.2) is 42.5 Å². The lowest BCUT2D eigenvalue weighted by atomic mass is 10.1. The lowest BCUT2D eigenvalue weighted by Crippen LogP contribution is -2.31. The van der Waals surface area contributed by atoms with Crippen molar-refractivity contribution in [3.8, 4) is 0 Å². The molecule has 1 aliphatic heterocycles. The molecule has 2 aromatic carbocycles. The minimum Gasteiger partial charge on any atom is -0.366 e. The number of hydrogen-bond donors (Lipinski definition) is 1. The molecule has 0 spiro atoms. The van der Waals surface area contributed by atoms with Gasteiger partial charge in [-0.05, 0) is 43.2 Å². The molecule has 5 nitrogen and oxygen atoms in total. The van der Waals surface area contributed by atoms with Gasteiger partial charge in [-0.3, -0.25) is 9.59 Å². The molecular formula is C22H27N3O2. The zero-order chi connectivity index (χ0) is 19.4. The molecule has 3 rings (SSSR count). The molecule has 0 bridgehead atoms. The zero-order valence-corrected chi connectivity index (χ0v) is 16.1. The van der Waals surface area contributed by atoms with Gasteiger partial charge in [-0.25, -0.2) is 0 Å². The average Bonchev–Trinajstić information content (AvgIpc) is 2.79. The minimum absolute atomic E-state index is 0.0880. The number of fused-ring (bicyclic) bond motifs is 1. The maximum atomic E-state index is 12.9. The van der Waals surface area contributed by atoms with Gasteiger partial charge in [0.05, 0.1) is 11.4 Å². The topological polar surface area (TPSA) is 66.6 Å². The second kappa shape index (κ2) is 8.25. The second-order valence-corrected chi connectivity index (χ2v) is 7.01. The van der Waals surface area contributed by atoms with Crippen LogP contribution in [0.5, 0.6) is 0 Å². The average molecular weight is 365 g/mol. The smallest absolute Gasteiger partial charge is 0.248 e. The molecule has 2 amide bonds. The Labute approximate surface area is 160 Å². The summed E-state index contributed by atoms with van der Waals surface area (Å²) in [5.74, 6) is -0.393. The summed E-state index contributed by atoms with van der Waals surface area (Å²) in [6, 6.07) is 13.6. The summed E-state index contributed by atoms with van der Waals surface area (Å²) in [4.78, 5) is 28.6. The fraction of sp³-hybridized carbons (Fsp3) is 0.364. The summed E-state index contributed by atoms with van der Waals surface area (Å²) in [6.45, 7) is 5.47. The van der Waals surface area contributed by atoms with Crippen molar-refractivity contribution in [2.45, 2.75) is 39.5 Å². The Morgan fingerprint density at radius 2 is 1.85 bits per heavy atom. The van der Waals surface area contributed by atoms with Crippen LogP contribution >= 0.6 is 0 Å². The molecule has 0 radical (unpaired) electrons. The Balaban J connectivity index is 2.10. The monoisotopic (exact) mass is 365 g/mol. The van der Waals surface area contributed by atoms with Crippen molar-refractivity contribution in [2.75, 3.05) is 22.9 Å². The van der Waals surface area contributed by atoms with Crippen LogP contribution < -0.4 is 15.5 Å². The number of anilines is 3. The van der Waals surface area contributed by atoms with Crippen LogP contribution in [0.3, 0.4) is 0 Å². The molecule has 5 heteroatoms. The molecule has 0 unspecified atom stereocenters. The van der Waals surface area contributed by atoms with Crippen molar-refractivity contribution in [1.82, 2.24) is 0 Å². The minimum atomic E-state index is -0.481. The molecule has 0 aromatic heterocycles. The third kappa shape index (κ3) is 3.97. The van der Waals surface area contributed by atoms with E-state index < -0.39 is 5.91 Å². The summed E-state index contributed by atoms with van der Waals surface area (Å²) in [5.41, 5.74) is 9.86. The van der Waals surface area contributed by atoms with Crippen molar-refractivity contribution < 1.29 is 9.59 Å². The lowest BCUT2D eigenvalue weighted by molar-refractivity contribution is -0.118. The summed E-state index contributed by atoms with van der Waals surface area (Å²) in [5, 5.41) is 0. The number of amides is 2. The highest BCUT2D eigenvalue weighted by atomic mass is 16.2. The molecule has 2 aromatic rings. The normalized spacial score (nSPS) is 14.1. The Kier molecular flexibility index (Phi) is 5.79. The summed E-state index contributed by atoms with van der Waals surface area (Å²) in [6.07, 6.45) is 3.52. The van der Waals surface area contributed by atoms with E-state index >= 15 is 0 Å². The maximum absolute atomic E-state index is 12.9. The van der Waals surface area contributed by atoms with E-state index in [1.165, 1.54) is 0 Å². The van der Waals surface area contributed by atoms with Crippen molar-refractivity contribution in [3.05, 3.63) is 53.6 Å². The molecule has 0 fully saturated rings. The van der Waals surface area contributed by atoms with Crippen LogP contribution in [-0.2, 0) is 4.79 Å². The first kappa shape index (κ1) is 19.0. The van der Waals surface area contributed by atoms with E-state index in [1.54, 1.807) is 12.1 Å². The number of benzene rings is 2. The van der Waals surface area contributed by atoms with Gasteiger partial charge in [0.2, 0.25) is 11.8 Å². The molecule has 142 valence electrons. The Bertz CT molecular complexity index is 847. The van der Waals surface area contributed by atoms with E-state index in [9.17, 15) is 9.59 Å². The van der Waals surface area contributed by atoms with E-state index in [4.69, 9.17) is 5.73 Å². The first-order valence-electron chi connectivity index (χ1n) is 9.60. The highest BCUT2D eigenvalue weighted by Crippen LogP contribution is 2.39. The Hall–Kier alpha value is -2.82. The molecular weight excluding hydrogens is 338 g/mol. The van der Waals surface area contributed by atoms with Gasteiger partial charge in [0.25, 0.3) is 0 Å². The van der Waals surface area contributed by atoms with Gasteiger partial charge in [0, 0.05) is 30.8 Å². The Morgan fingerprint density at radius 1 is 1.07 bits per heavy atom. The van der Waals surface area contributed by atoms with Crippen LogP contribution in [0.2, 0.25) is 0 Å². The van der Waals surface area contributed by atoms with Crippen LogP contribution in [0.25, 0.3) is 0 Å². The van der Waals surface area contributed by atoms with Gasteiger partial charge in [-0.15, -0.1) is 0 Å². The van der Waals surface area contributed by atoms with Gasteiger partial charge in [0.1, 0.15) is 0 Å². The molecule has 0 saturated heterocycles. The summed E-state index contributed by atoms with van der Waals surface area (Å²) >= 11 is 0. The van der Waals surface area contributed by atoms with Crippen molar-refractivity contribution in [3.63, 3.8) is 0 Å². The standard InChI is InChI=1S/C22H27N3O2/c1-3-4-7-13-25-20-15-17(22(23)27)10-11-19(20)24(14-12-21(25)26)18-9-6-5-8-16(18)2/h5-6,8-11,15H,3-4,7,12-14H2,1-2H3,(H2,23,27). The molecule has 0 atom stereocenters. The largest absolute Gasteiger partial charge is 0.366 e. The number of carbonyl (C=O) groups is 2. The highest BCUT2D eigenvalue weighted by molar-refractivity contribution is 6.02. The molecule has 0 aliphatic carbocycles. The van der Waals surface area contributed by atoms with Gasteiger partial charge < -0.3 is 15.5 Å². The molecule has 1 heterocycles. The number of rotatable bonds is 6. The number of nitrogens with two attached hydrogens (primary N) is 1. The van der Waals surface area contributed by atoms with Crippen LogP contribution in [0, 0.1) is 6.92 Å². The third-order valence-electron chi connectivity index (χ3n) is 5.08. The van der Waals surface area contributed by atoms with Crippen LogP contribution in [0.4, 0.5) is 17.1 Å². The lowest BCUT2D eigenvalue weighted by Gasteiger charge is -2.28. The first-order chi connectivity index (χ1) is 13.0. The van der Waals surface area contributed by atoms with Gasteiger partial charge in [-0.2, -0.15) is 0 Å². The van der Waals surface area contributed by atoms with Gasteiger partial charge in [0.15, 0.2) is 0 Å². The van der Waals surface area contributed by atoms with Crippen molar-refractivity contribution >= 4 is 28.9 Å². The fourth-order valence-electron chi connectivity index (χ4n) is 3.60. The summed E-state index contributed by atoms with van der Waals surface area (Å²) in [7, 11) is 0. The van der Waals surface area contributed by atoms with E-state index in [2.05, 4.69) is 30.9 Å². The number of primary amides is 1. The number of para-hydroxylation sites is 1. The van der Waals surface area contributed by atoms with E-state index in [0.717, 1.165) is 41.9 Å². The molecule has 0 saturated carbocycles. The fourth-order valence-corrected chi connectivity index (χ4v) is 3.60. The zero-order valence-electron chi connectivity index (χ0n) is 16.1. The number of nitrogens with zero attached hydrogens (tertiary/aromatic N) is 2. The molecule has 1 aliphatic rings. The molecule has 2 N–H and O–H groups in total. The van der Waals surface area contributed by atoms with Crippen LogP contribution in [0.1, 0.15) is 48.5 Å². The number of aryl methyl sites for hydroxylation is 1. The Morgan fingerprint density at radius 3 is 2.56 bits per heavy atom. The van der Waals surface area contributed by atoms with E-state index in [1.807, 2.05) is 23.1 Å². The highest BCUT2D eigenvalue weighted by Gasteiger charge is 2.28. The van der Waals surface area contributed by atoms with E-state index in [0.29, 0.717) is 25.1 Å². The second-order valence-electron chi connectivity index (χ2n) is 7.01. The van der Waals surface area contributed by atoms with Crippen LogP contribution in [-0.4, -0.2) is 24.9 Å². The predicted molar refractivity (Wildman–Crippen MR) is 110 cm³/mol. The van der Waals surface area contributed by atoms with Gasteiger partial charge in [-0.1, -0.05) is 38.0 Å². The number of hydrogen-bond acceptors (Lipinski definition) is 3. The first-order valence-corrected chi connectivity index (χ1v) is 9.60. The summed E-state index contributed by atoms with van der Waals surface area (Å²) < 4.78 is 0. The van der Waals surface area contributed by atoms with Crippen molar-refractivity contribution in [1.29, 1.82) is 0 Å². The van der Waals surface area contributed by atoms with Gasteiger partial charge >= 0.3 is 0 Å². The number of unbranched alkanes of at least 4 members (excludes halogenated alkanes) is 2. The van der Waals surface area contributed by atoms with E-state index in [-0.39, 0.29) is 5.91 Å². The maximum Gasteiger partial charge on any atom is 0.248 e. The molecule has 27 heavy (non-hydrogen) atoms. The number of carbonyl (C=O) groups excluding carboxylic acids is 2. The van der Waals surface area contributed by atoms with Crippen molar-refractivity contribution in [2.24, 2.45) is 5.73 Å². The predicted octanol–water partition coefficient (Wildman–Crippen LogP) is 4.16.